The van der Waals surface area contributed by atoms with E-state index in [9.17, 15) is 26.0 Å². The average molecular weight is 356 g/mol. The van der Waals surface area contributed by atoms with E-state index in [2.05, 4.69) is 9.16 Å². The first kappa shape index (κ1) is 18.8. The molecule has 1 aliphatic rings. The average Bonchev–Trinajstić information content (AvgIpc) is 2.38. The second-order valence-electron chi connectivity index (χ2n) is 4.32. The highest BCUT2D eigenvalue weighted by Gasteiger charge is 2.71. The molecule has 0 bridgehead atoms. The Balaban J connectivity index is 3.08. The minimum atomic E-state index is -6.09. The zero-order chi connectivity index (χ0) is 16.3. The van der Waals surface area contributed by atoms with Gasteiger partial charge in [-0.2, -0.15) is 21.6 Å². The van der Waals surface area contributed by atoms with Crippen LogP contribution in [0.2, 0.25) is 6.04 Å². The number of alkyl halides is 4. The second kappa shape index (κ2) is 6.87. The molecule has 0 saturated carbocycles. The van der Waals surface area contributed by atoms with Crippen LogP contribution in [-0.2, 0) is 23.7 Å². The van der Waals surface area contributed by atoms with Gasteiger partial charge in [0.2, 0.25) is 0 Å². The highest BCUT2D eigenvalue weighted by molar-refractivity contribution is 7.87. The quantitative estimate of drug-likeness (QED) is 0.423. The lowest BCUT2D eigenvalue weighted by Gasteiger charge is -2.35. The zero-order valence-corrected chi connectivity index (χ0v) is 13.1. The summed E-state index contributed by atoms with van der Waals surface area (Å²) in [5.41, 5.74) is 0. The third-order valence-electron chi connectivity index (χ3n) is 2.75. The highest BCUT2D eigenvalue weighted by atomic mass is 32.2. The number of rotatable bonds is 7. The molecule has 1 N–H and O–H groups in total. The predicted octanol–water partition coefficient (Wildman–Crippen LogP) is 1.51. The van der Waals surface area contributed by atoms with Crippen LogP contribution < -0.4 is 0 Å². The predicted molar refractivity (Wildman–Crippen MR) is 65.1 cm³/mol. The molecule has 0 aromatic carbocycles. The molecule has 1 rings (SSSR count). The van der Waals surface area contributed by atoms with Crippen LogP contribution in [0.3, 0.4) is 0 Å². The lowest BCUT2D eigenvalue weighted by Crippen LogP contribution is -2.60. The summed E-state index contributed by atoms with van der Waals surface area (Å²) in [7, 11) is -9.22. The van der Waals surface area contributed by atoms with Crippen molar-refractivity contribution >= 4 is 19.4 Å². The van der Waals surface area contributed by atoms with Crippen LogP contribution in [0.5, 0.6) is 0 Å². The summed E-state index contributed by atoms with van der Waals surface area (Å²) in [5.74, 6) is -5.26. The van der Waals surface area contributed by atoms with Crippen molar-refractivity contribution in [1.82, 2.24) is 0 Å². The fourth-order valence-corrected chi connectivity index (χ4v) is 4.82. The minimum absolute atomic E-state index is 0.0584. The summed E-state index contributed by atoms with van der Waals surface area (Å²) < 4.78 is 98.8. The molecular formula is C9H16F4O6SSi. The SMILES string of the molecule is CCOC(F)C(F)(F)C(F)(O[SiH]1CCCCO1)S(=O)(=O)O. The maximum atomic E-state index is 14.3. The smallest absolute Gasteiger partial charge is 0.396 e. The van der Waals surface area contributed by atoms with Crippen molar-refractivity contribution in [3.8, 4) is 0 Å². The van der Waals surface area contributed by atoms with Gasteiger partial charge in [-0.1, -0.05) is 0 Å². The summed E-state index contributed by atoms with van der Waals surface area (Å²) in [6, 6.07) is 0.0584. The van der Waals surface area contributed by atoms with Gasteiger partial charge in [0.05, 0.1) is 0 Å². The first-order chi connectivity index (χ1) is 9.56. The van der Waals surface area contributed by atoms with E-state index in [-0.39, 0.29) is 12.7 Å². The molecule has 126 valence electrons. The number of hydrogen-bond donors (Lipinski definition) is 1. The normalized spacial score (nSPS) is 25.3. The Morgan fingerprint density at radius 2 is 2.00 bits per heavy atom. The third-order valence-corrected chi connectivity index (χ3v) is 6.03. The second-order valence-corrected chi connectivity index (χ2v) is 7.80. The maximum Gasteiger partial charge on any atom is 0.398 e. The molecule has 1 fully saturated rings. The molecule has 6 nitrogen and oxygen atoms in total. The molecule has 21 heavy (non-hydrogen) atoms. The molecule has 12 heteroatoms. The Bertz CT molecular complexity index is 444. The lowest BCUT2D eigenvalue weighted by atomic mass is 10.3. The van der Waals surface area contributed by atoms with Crippen molar-refractivity contribution in [2.45, 2.75) is 43.3 Å². The van der Waals surface area contributed by atoms with Gasteiger partial charge in [-0.3, -0.25) is 4.55 Å². The minimum Gasteiger partial charge on any atom is -0.396 e. The van der Waals surface area contributed by atoms with E-state index in [0.717, 1.165) is 6.92 Å². The molecular weight excluding hydrogens is 340 g/mol. The van der Waals surface area contributed by atoms with E-state index in [4.69, 9.17) is 8.98 Å². The van der Waals surface area contributed by atoms with Crippen LogP contribution in [0.1, 0.15) is 19.8 Å². The molecule has 0 amide bonds. The molecule has 0 spiro atoms. The van der Waals surface area contributed by atoms with E-state index < -0.39 is 43.5 Å². The molecule has 1 heterocycles. The van der Waals surface area contributed by atoms with Crippen molar-refractivity contribution in [2.75, 3.05) is 13.2 Å². The Labute approximate surface area is 121 Å². The van der Waals surface area contributed by atoms with E-state index in [1.165, 1.54) is 0 Å². The van der Waals surface area contributed by atoms with Crippen LogP contribution in [0, 0.1) is 0 Å². The highest BCUT2D eigenvalue weighted by Crippen LogP contribution is 2.43. The number of ether oxygens (including phenoxy) is 1. The van der Waals surface area contributed by atoms with Crippen LogP contribution in [0.4, 0.5) is 17.6 Å². The Morgan fingerprint density at radius 1 is 1.38 bits per heavy atom. The standard InChI is InChI=1S/C9H16F4O6SSi/c1-2-17-7(10)8(11,12)9(13,20(14,15)16)19-21-6-4-3-5-18-21/h7,21H,2-6H2,1H3,(H,14,15,16). The van der Waals surface area contributed by atoms with Gasteiger partial charge in [0.15, 0.2) is 0 Å². The van der Waals surface area contributed by atoms with Crippen molar-refractivity contribution in [3.05, 3.63) is 0 Å². The molecule has 0 radical (unpaired) electrons. The molecule has 3 unspecified atom stereocenters. The summed E-state index contributed by atoms with van der Waals surface area (Å²) in [4.78, 5) is 0. The first-order valence-electron chi connectivity index (χ1n) is 6.15. The van der Waals surface area contributed by atoms with E-state index >= 15 is 0 Å². The molecule has 0 aromatic rings. The van der Waals surface area contributed by atoms with Gasteiger partial charge in [-0.25, -0.2) is 4.39 Å². The van der Waals surface area contributed by atoms with Crippen molar-refractivity contribution in [3.63, 3.8) is 0 Å². The fraction of sp³-hybridized carbons (Fsp3) is 1.00. The van der Waals surface area contributed by atoms with Crippen LogP contribution in [0.25, 0.3) is 0 Å². The Kier molecular flexibility index (Phi) is 6.14. The maximum absolute atomic E-state index is 14.3. The number of hydrogen-bond acceptors (Lipinski definition) is 5. The van der Waals surface area contributed by atoms with Gasteiger partial charge >= 0.3 is 30.5 Å². The molecule has 0 aliphatic carbocycles. The van der Waals surface area contributed by atoms with Crippen molar-refractivity contribution in [1.29, 1.82) is 0 Å². The summed E-state index contributed by atoms with van der Waals surface area (Å²) in [5, 5.41) is -4.96. The zero-order valence-electron chi connectivity index (χ0n) is 11.1. The van der Waals surface area contributed by atoms with Gasteiger partial charge < -0.3 is 13.6 Å². The van der Waals surface area contributed by atoms with E-state index in [1.54, 1.807) is 0 Å². The van der Waals surface area contributed by atoms with Crippen LogP contribution >= 0.6 is 0 Å². The van der Waals surface area contributed by atoms with Crippen molar-refractivity contribution in [2.24, 2.45) is 0 Å². The Hall–Kier alpha value is -0.273. The summed E-state index contributed by atoms with van der Waals surface area (Å²) in [6.07, 6.45) is -2.56. The lowest BCUT2D eigenvalue weighted by molar-refractivity contribution is -0.281. The molecule has 1 aliphatic heterocycles. The van der Waals surface area contributed by atoms with Gasteiger partial charge in [-0.05, 0) is 25.8 Å². The third kappa shape index (κ3) is 3.93. The van der Waals surface area contributed by atoms with Gasteiger partial charge in [0.1, 0.15) is 0 Å². The van der Waals surface area contributed by atoms with Crippen molar-refractivity contribution < 1.29 is 44.1 Å². The topological polar surface area (TPSA) is 82.1 Å². The summed E-state index contributed by atoms with van der Waals surface area (Å²) >= 11 is 0. The molecule has 1 saturated heterocycles. The molecule has 0 aromatic heterocycles. The number of halogens is 4. The first-order valence-corrected chi connectivity index (χ1v) is 9.35. The van der Waals surface area contributed by atoms with Gasteiger partial charge in [0.25, 0.3) is 6.36 Å². The largest absolute Gasteiger partial charge is 0.398 e. The van der Waals surface area contributed by atoms with E-state index in [1.807, 2.05) is 0 Å². The summed E-state index contributed by atoms with van der Waals surface area (Å²) in [6.45, 7) is 0.681. The van der Waals surface area contributed by atoms with Crippen LogP contribution in [0.15, 0.2) is 0 Å². The molecule has 3 atom stereocenters. The fourth-order valence-electron chi connectivity index (χ4n) is 1.67. The van der Waals surface area contributed by atoms with E-state index in [0.29, 0.717) is 12.8 Å². The van der Waals surface area contributed by atoms with Gasteiger partial charge in [-0.15, -0.1) is 0 Å². The monoisotopic (exact) mass is 356 g/mol. The Morgan fingerprint density at radius 3 is 2.43 bits per heavy atom. The van der Waals surface area contributed by atoms with Gasteiger partial charge in [0, 0.05) is 13.2 Å². The van der Waals surface area contributed by atoms with Crippen LogP contribution in [-0.4, -0.2) is 52.9 Å².